The maximum atomic E-state index is 13.3. The minimum Gasteiger partial charge on any atom is -0.308 e. The third-order valence-corrected chi connectivity index (χ3v) is 3.78. The summed E-state index contributed by atoms with van der Waals surface area (Å²) in [6.07, 6.45) is -4.69. The number of nitrogens with one attached hydrogen (secondary N) is 1. The lowest BCUT2D eigenvalue weighted by Gasteiger charge is -2.24. The summed E-state index contributed by atoms with van der Waals surface area (Å²) in [6, 6.07) is 13.3. The van der Waals surface area contributed by atoms with Gasteiger partial charge < -0.3 is 5.32 Å². The van der Waals surface area contributed by atoms with Crippen molar-refractivity contribution in [3.05, 3.63) is 59.7 Å². The molecule has 2 aromatic carbocycles. The third-order valence-electron chi connectivity index (χ3n) is 3.78. The molecule has 0 atom stereocenters. The highest BCUT2D eigenvalue weighted by Crippen LogP contribution is 2.36. The molecule has 0 aliphatic heterocycles. The molecule has 0 spiro atoms. The van der Waals surface area contributed by atoms with E-state index >= 15 is 0 Å². The summed E-state index contributed by atoms with van der Waals surface area (Å²) in [7, 11) is 0. The van der Waals surface area contributed by atoms with Gasteiger partial charge in [0.15, 0.2) is 0 Å². The highest BCUT2D eigenvalue weighted by atomic mass is 19.4. The van der Waals surface area contributed by atoms with Crippen molar-refractivity contribution in [1.29, 1.82) is 5.26 Å². The van der Waals surface area contributed by atoms with Gasteiger partial charge in [-0.25, -0.2) is 0 Å². The first-order valence-corrected chi connectivity index (χ1v) is 8.44. The lowest BCUT2D eigenvalue weighted by Crippen LogP contribution is -2.36. The normalized spacial score (nSPS) is 11.3. The molecule has 27 heavy (non-hydrogen) atoms. The molecule has 1 amide bonds. The standard InChI is InChI=1S/C20H20F3N3O/c1-14(2)12-25-13-19(27)26(16-6-4-3-5-7-16)17-9-8-15(11-24)18(10-17)20(21,22)23/h3-10,14,25H,12-13H2,1-2H3. The number of carbonyl (C=O) groups is 1. The highest BCUT2D eigenvalue weighted by molar-refractivity contribution is 6.01. The number of alkyl halides is 3. The Morgan fingerprint density at radius 1 is 1.15 bits per heavy atom. The Bertz CT molecular complexity index is 827. The predicted octanol–water partition coefficient (Wildman–Crippen LogP) is 4.49. The number of amides is 1. The van der Waals surface area contributed by atoms with E-state index in [9.17, 15) is 18.0 Å². The molecular weight excluding hydrogens is 355 g/mol. The molecule has 0 aromatic heterocycles. The van der Waals surface area contributed by atoms with Crippen LogP contribution < -0.4 is 10.2 Å². The van der Waals surface area contributed by atoms with E-state index in [1.165, 1.54) is 11.0 Å². The van der Waals surface area contributed by atoms with E-state index in [0.717, 1.165) is 12.1 Å². The van der Waals surface area contributed by atoms with E-state index in [0.29, 0.717) is 18.2 Å². The van der Waals surface area contributed by atoms with Crippen LogP contribution in [0.3, 0.4) is 0 Å². The first-order valence-electron chi connectivity index (χ1n) is 8.44. The number of hydrogen-bond donors (Lipinski definition) is 1. The SMILES string of the molecule is CC(C)CNCC(=O)N(c1ccccc1)c1ccc(C#N)c(C(F)(F)F)c1. The molecule has 7 heteroatoms. The smallest absolute Gasteiger partial charge is 0.308 e. The summed E-state index contributed by atoms with van der Waals surface area (Å²) in [4.78, 5) is 14.0. The Balaban J connectivity index is 2.45. The maximum Gasteiger partial charge on any atom is 0.417 e. The zero-order valence-electron chi connectivity index (χ0n) is 15.0. The van der Waals surface area contributed by atoms with Crippen LogP contribution in [0.1, 0.15) is 25.0 Å². The van der Waals surface area contributed by atoms with Gasteiger partial charge in [0.05, 0.1) is 23.7 Å². The van der Waals surface area contributed by atoms with Crippen molar-refractivity contribution in [2.45, 2.75) is 20.0 Å². The minimum atomic E-state index is -4.69. The number of anilines is 2. The van der Waals surface area contributed by atoms with Crippen molar-refractivity contribution in [1.82, 2.24) is 5.32 Å². The molecule has 0 fully saturated rings. The maximum absolute atomic E-state index is 13.3. The Morgan fingerprint density at radius 3 is 2.37 bits per heavy atom. The molecule has 0 bridgehead atoms. The first-order chi connectivity index (χ1) is 12.7. The summed E-state index contributed by atoms with van der Waals surface area (Å²) in [5, 5.41) is 12.0. The Hall–Kier alpha value is -2.85. The first kappa shape index (κ1) is 20.5. The average molecular weight is 375 g/mol. The predicted molar refractivity (Wildman–Crippen MR) is 97.5 cm³/mol. The van der Waals surface area contributed by atoms with E-state index in [2.05, 4.69) is 5.32 Å². The van der Waals surface area contributed by atoms with Crippen LogP contribution >= 0.6 is 0 Å². The molecule has 0 saturated heterocycles. The van der Waals surface area contributed by atoms with E-state index in [1.807, 2.05) is 13.8 Å². The Kier molecular flexibility index (Phi) is 6.59. The van der Waals surface area contributed by atoms with Crippen molar-refractivity contribution in [2.24, 2.45) is 5.92 Å². The number of nitrogens with zero attached hydrogens (tertiary/aromatic N) is 2. The Morgan fingerprint density at radius 2 is 1.81 bits per heavy atom. The number of halogens is 3. The fraction of sp³-hybridized carbons (Fsp3) is 0.300. The van der Waals surface area contributed by atoms with Gasteiger partial charge in [-0.1, -0.05) is 32.0 Å². The van der Waals surface area contributed by atoms with Crippen LogP contribution in [-0.4, -0.2) is 19.0 Å². The van der Waals surface area contributed by atoms with Gasteiger partial charge in [-0.3, -0.25) is 9.69 Å². The molecule has 142 valence electrons. The van der Waals surface area contributed by atoms with Gasteiger partial charge in [0.1, 0.15) is 0 Å². The Labute approximate surface area is 156 Å². The quantitative estimate of drug-likeness (QED) is 0.810. The third kappa shape index (κ3) is 5.31. The van der Waals surface area contributed by atoms with Crippen LogP contribution in [0.15, 0.2) is 48.5 Å². The lowest BCUT2D eigenvalue weighted by atomic mass is 10.1. The molecule has 4 nitrogen and oxygen atoms in total. The molecule has 2 rings (SSSR count). The molecule has 0 aliphatic carbocycles. The molecular formula is C20H20F3N3O. The van der Waals surface area contributed by atoms with Crippen LogP contribution in [0, 0.1) is 17.2 Å². The second kappa shape index (κ2) is 8.69. The van der Waals surface area contributed by atoms with Crippen LogP contribution in [0.2, 0.25) is 0 Å². The number of para-hydroxylation sites is 1. The number of benzene rings is 2. The van der Waals surface area contributed by atoms with Crippen LogP contribution in [-0.2, 0) is 11.0 Å². The van der Waals surface area contributed by atoms with Crippen LogP contribution in [0.5, 0.6) is 0 Å². The van der Waals surface area contributed by atoms with Gasteiger partial charge >= 0.3 is 6.18 Å². The van der Waals surface area contributed by atoms with Crippen molar-refractivity contribution in [3.8, 4) is 6.07 Å². The van der Waals surface area contributed by atoms with Gasteiger partial charge in [-0.2, -0.15) is 18.4 Å². The fourth-order valence-electron chi connectivity index (χ4n) is 2.56. The number of hydrogen-bond acceptors (Lipinski definition) is 3. The zero-order valence-corrected chi connectivity index (χ0v) is 15.0. The second-order valence-electron chi connectivity index (χ2n) is 6.43. The van der Waals surface area contributed by atoms with Gasteiger partial charge in [0.25, 0.3) is 0 Å². The largest absolute Gasteiger partial charge is 0.417 e. The number of rotatable bonds is 6. The van der Waals surface area contributed by atoms with Crippen molar-refractivity contribution in [3.63, 3.8) is 0 Å². The van der Waals surface area contributed by atoms with Gasteiger partial charge in [-0.05, 0) is 42.8 Å². The lowest BCUT2D eigenvalue weighted by molar-refractivity contribution is -0.137. The van der Waals surface area contributed by atoms with Gasteiger partial charge in [0.2, 0.25) is 5.91 Å². The summed E-state index contributed by atoms with van der Waals surface area (Å²) >= 11 is 0. The zero-order chi connectivity index (χ0) is 20.0. The summed E-state index contributed by atoms with van der Waals surface area (Å²) in [6.45, 7) is 4.56. The molecule has 1 N–H and O–H groups in total. The van der Waals surface area contributed by atoms with Gasteiger partial charge in [-0.15, -0.1) is 0 Å². The fourth-order valence-corrected chi connectivity index (χ4v) is 2.56. The monoisotopic (exact) mass is 375 g/mol. The number of carbonyl (C=O) groups excluding carboxylic acids is 1. The molecule has 0 aliphatic rings. The molecule has 2 aromatic rings. The summed E-state index contributed by atoms with van der Waals surface area (Å²) in [5.41, 5.74) is -1.04. The van der Waals surface area contributed by atoms with Crippen LogP contribution in [0.4, 0.5) is 24.5 Å². The minimum absolute atomic E-state index is 0.0194. The van der Waals surface area contributed by atoms with Crippen molar-refractivity contribution in [2.75, 3.05) is 18.0 Å². The van der Waals surface area contributed by atoms with Crippen molar-refractivity contribution < 1.29 is 18.0 Å². The average Bonchev–Trinajstić information content (AvgIpc) is 2.61. The highest BCUT2D eigenvalue weighted by Gasteiger charge is 2.34. The number of nitriles is 1. The molecule has 0 radical (unpaired) electrons. The van der Waals surface area contributed by atoms with E-state index in [1.54, 1.807) is 36.4 Å². The summed E-state index contributed by atoms with van der Waals surface area (Å²) in [5.74, 6) is -0.0607. The van der Waals surface area contributed by atoms with Crippen LogP contribution in [0.25, 0.3) is 0 Å². The molecule has 0 unspecified atom stereocenters. The van der Waals surface area contributed by atoms with E-state index in [-0.39, 0.29) is 18.1 Å². The topological polar surface area (TPSA) is 56.1 Å². The van der Waals surface area contributed by atoms with E-state index < -0.39 is 17.3 Å². The molecule has 0 heterocycles. The summed E-state index contributed by atoms with van der Waals surface area (Å²) < 4.78 is 39.9. The molecule has 0 saturated carbocycles. The second-order valence-corrected chi connectivity index (χ2v) is 6.43. The van der Waals surface area contributed by atoms with Gasteiger partial charge in [0, 0.05) is 11.4 Å². The van der Waals surface area contributed by atoms with E-state index in [4.69, 9.17) is 5.26 Å². The van der Waals surface area contributed by atoms with Crippen molar-refractivity contribution >= 4 is 17.3 Å².